The average Bonchev–Trinajstić information content (AvgIpc) is 3.15. The second-order valence-corrected chi connectivity index (χ2v) is 7.04. The molecule has 0 unspecified atom stereocenters. The fraction of sp³-hybridized carbons (Fsp3) is 0.286. The molecule has 2 aromatic carbocycles. The highest BCUT2D eigenvalue weighted by atomic mass is 16.6. The lowest BCUT2D eigenvalue weighted by Gasteiger charge is -2.36. The van der Waals surface area contributed by atoms with E-state index in [-0.39, 0.29) is 11.6 Å². The van der Waals surface area contributed by atoms with Crippen LogP contribution in [-0.2, 0) is 11.2 Å². The van der Waals surface area contributed by atoms with Gasteiger partial charge in [0.15, 0.2) is 0 Å². The van der Waals surface area contributed by atoms with E-state index >= 15 is 0 Å². The number of carbonyl (C=O) groups is 1. The summed E-state index contributed by atoms with van der Waals surface area (Å²) >= 11 is 0. The van der Waals surface area contributed by atoms with Crippen LogP contribution in [-0.4, -0.2) is 54.0 Å². The molecule has 1 aliphatic heterocycles. The third kappa shape index (κ3) is 3.87. The van der Waals surface area contributed by atoms with Gasteiger partial charge in [-0.05, 0) is 35.9 Å². The topological polar surface area (TPSA) is 91.7 Å². The molecule has 1 aliphatic rings. The van der Waals surface area contributed by atoms with Gasteiger partial charge in [0.25, 0.3) is 5.69 Å². The zero-order valence-corrected chi connectivity index (χ0v) is 16.1. The van der Waals surface area contributed by atoms with Crippen LogP contribution in [0, 0.1) is 10.1 Å². The molecule has 0 saturated carbocycles. The molecule has 3 aromatic rings. The minimum atomic E-state index is -0.402. The van der Waals surface area contributed by atoms with Crippen LogP contribution in [0.4, 0.5) is 11.4 Å². The maximum absolute atomic E-state index is 12.8. The standard InChI is InChI=1S/C21H22N4O4/c1-29-18-6-7-20-19(13-18)15(14-22-20)12-21(26)24-10-8-23(9-11-24)16-2-4-17(5-3-16)25(27)28/h2-7,13-14,22H,8-12H2,1H3. The number of non-ortho nitro benzene ring substituents is 1. The SMILES string of the molecule is COc1ccc2[nH]cc(CC(=O)N3CCN(c4ccc([N+](=O)[O-])cc4)CC3)c2c1. The summed E-state index contributed by atoms with van der Waals surface area (Å²) in [5.41, 5.74) is 2.96. The highest BCUT2D eigenvalue weighted by Gasteiger charge is 2.22. The summed E-state index contributed by atoms with van der Waals surface area (Å²) in [6.45, 7) is 2.65. The molecule has 0 atom stereocenters. The minimum absolute atomic E-state index is 0.0814. The number of methoxy groups -OCH3 is 1. The van der Waals surface area contributed by atoms with E-state index in [4.69, 9.17) is 4.74 Å². The molecule has 0 spiro atoms. The molecule has 150 valence electrons. The number of anilines is 1. The minimum Gasteiger partial charge on any atom is -0.497 e. The molecule has 2 heterocycles. The van der Waals surface area contributed by atoms with Gasteiger partial charge in [-0.1, -0.05) is 0 Å². The van der Waals surface area contributed by atoms with E-state index in [9.17, 15) is 14.9 Å². The number of aromatic amines is 1. The summed E-state index contributed by atoms with van der Waals surface area (Å²) in [5, 5.41) is 11.8. The number of rotatable bonds is 5. The number of fused-ring (bicyclic) bond motifs is 1. The monoisotopic (exact) mass is 394 g/mol. The van der Waals surface area contributed by atoms with E-state index in [1.165, 1.54) is 12.1 Å². The molecular weight excluding hydrogens is 372 g/mol. The second kappa shape index (κ2) is 7.83. The van der Waals surface area contributed by atoms with Crippen molar-refractivity contribution in [2.75, 3.05) is 38.2 Å². The average molecular weight is 394 g/mol. The van der Waals surface area contributed by atoms with Crippen molar-refractivity contribution in [2.24, 2.45) is 0 Å². The molecule has 1 N–H and O–H groups in total. The van der Waals surface area contributed by atoms with Crippen molar-refractivity contribution >= 4 is 28.2 Å². The number of nitro benzene ring substituents is 1. The van der Waals surface area contributed by atoms with Gasteiger partial charge in [-0.3, -0.25) is 14.9 Å². The Balaban J connectivity index is 1.38. The lowest BCUT2D eigenvalue weighted by Crippen LogP contribution is -2.49. The number of nitrogens with one attached hydrogen (secondary N) is 1. The number of H-pyrrole nitrogens is 1. The molecule has 1 aromatic heterocycles. The van der Waals surface area contributed by atoms with Crippen LogP contribution in [0.15, 0.2) is 48.7 Å². The number of hydrogen-bond acceptors (Lipinski definition) is 5. The number of benzene rings is 2. The number of piperazine rings is 1. The third-order valence-electron chi connectivity index (χ3n) is 5.37. The Labute approximate surface area is 167 Å². The summed E-state index contributed by atoms with van der Waals surface area (Å²) in [7, 11) is 1.63. The van der Waals surface area contributed by atoms with Gasteiger partial charge in [0, 0.05) is 61.1 Å². The number of nitrogens with zero attached hydrogens (tertiary/aromatic N) is 3. The first-order valence-corrected chi connectivity index (χ1v) is 9.46. The van der Waals surface area contributed by atoms with Crippen LogP contribution < -0.4 is 9.64 Å². The predicted octanol–water partition coefficient (Wildman–Crippen LogP) is 2.98. The van der Waals surface area contributed by atoms with Crippen LogP contribution in [0.5, 0.6) is 5.75 Å². The van der Waals surface area contributed by atoms with Crippen molar-refractivity contribution in [2.45, 2.75) is 6.42 Å². The zero-order chi connectivity index (χ0) is 20.4. The Morgan fingerprint density at radius 2 is 1.86 bits per heavy atom. The summed E-state index contributed by atoms with van der Waals surface area (Å²) in [6.07, 6.45) is 2.22. The van der Waals surface area contributed by atoms with Crippen molar-refractivity contribution in [3.63, 3.8) is 0 Å². The first kappa shape index (κ1) is 18.8. The Bertz CT molecular complexity index is 1040. The van der Waals surface area contributed by atoms with Gasteiger partial charge in [0.05, 0.1) is 18.5 Å². The van der Waals surface area contributed by atoms with Crippen molar-refractivity contribution in [3.05, 3.63) is 64.3 Å². The number of carbonyl (C=O) groups excluding carboxylic acids is 1. The normalized spacial score (nSPS) is 14.2. The number of hydrogen-bond donors (Lipinski definition) is 1. The summed E-state index contributed by atoms with van der Waals surface area (Å²) < 4.78 is 5.29. The highest BCUT2D eigenvalue weighted by Crippen LogP contribution is 2.25. The molecule has 4 rings (SSSR count). The van der Waals surface area contributed by atoms with Crippen molar-refractivity contribution in [1.29, 1.82) is 0 Å². The fourth-order valence-electron chi connectivity index (χ4n) is 3.70. The predicted molar refractivity (Wildman–Crippen MR) is 110 cm³/mol. The number of amides is 1. The summed E-state index contributed by atoms with van der Waals surface area (Å²) in [6, 6.07) is 12.3. The van der Waals surface area contributed by atoms with E-state index in [0.29, 0.717) is 32.6 Å². The van der Waals surface area contributed by atoms with E-state index in [1.54, 1.807) is 19.2 Å². The van der Waals surface area contributed by atoms with Crippen LogP contribution in [0.3, 0.4) is 0 Å². The Morgan fingerprint density at radius 3 is 2.52 bits per heavy atom. The first-order valence-electron chi connectivity index (χ1n) is 9.46. The van der Waals surface area contributed by atoms with E-state index < -0.39 is 4.92 Å². The molecule has 0 aliphatic carbocycles. The molecule has 29 heavy (non-hydrogen) atoms. The summed E-state index contributed by atoms with van der Waals surface area (Å²) in [4.78, 5) is 30.4. The van der Waals surface area contributed by atoms with Gasteiger partial charge >= 0.3 is 0 Å². The second-order valence-electron chi connectivity index (χ2n) is 7.04. The number of nitro groups is 1. The van der Waals surface area contributed by atoms with Gasteiger partial charge in [-0.25, -0.2) is 0 Å². The molecule has 1 fully saturated rings. The highest BCUT2D eigenvalue weighted by molar-refractivity contribution is 5.89. The van der Waals surface area contributed by atoms with Crippen molar-refractivity contribution in [1.82, 2.24) is 9.88 Å². The zero-order valence-electron chi connectivity index (χ0n) is 16.1. The Kier molecular flexibility index (Phi) is 5.07. The Morgan fingerprint density at radius 1 is 1.14 bits per heavy atom. The van der Waals surface area contributed by atoms with Crippen LogP contribution in [0.2, 0.25) is 0 Å². The Hall–Kier alpha value is -3.55. The van der Waals surface area contributed by atoms with Crippen LogP contribution in [0.1, 0.15) is 5.56 Å². The molecule has 8 heteroatoms. The number of ether oxygens (including phenoxy) is 1. The molecule has 1 amide bonds. The van der Waals surface area contributed by atoms with Gasteiger partial charge in [0.2, 0.25) is 5.91 Å². The molecule has 0 radical (unpaired) electrons. The van der Waals surface area contributed by atoms with E-state index in [0.717, 1.165) is 27.9 Å². The first-order chi connectivity index (χ1) is 14.0. The molecule has 1 saturated heterocycles. The molecule has 0 bridgehead atoms. The maximum atomic E-state index is 12.8. The van der Waals surface area contributed by atoms with Gasteiger partial charge in [-0.15, -0.1) is 0 Å². The van der Waals surface area contributed by atoms with E-state index in [1.807, 2.05) is 29.3 Å². The third-order valence-corrected chi connectivity index (χ3v) is 5.37. The number of aromatic nitrogens is 1. The van der Waals surface area contributed by atoms with Gasteiger partial charge in [0.1, 0.15) is 5.75 Å². The van der Waals surface area contributed by atoms with Crippen LogP contribution in [0.25, 0.3) is 10.9 Å². The lowest BCUT2D eigenvalue weighted by molar-refractivity contribution is -0.384. The maximum Gasteiger partial charge on any atom is 0.269 e. The van der Waals surface area contributed by atoms with Gasteiger partial charge in [-0.2, -0.15) is 0 Å². The van der Waals surface area contributed by atoms with Crippen molar-refractivity contribution < 1.29 is 14.5 Å². The molecular formula is C21H22N4O4. The lowest BCUT2D eigenvalue weighted by atomic mass is 10.1. The smallest absolute Gasteiger partial charge is 0.269 e. The van der Waals surface area contributed by atoms with Crippen molar-refractivity contribution in [3.8, 4) is 5.75 Å². The largest absolute Gasteiger partial charge is 0.497 e. The van der Waals surface area contributed by atoms with Gasteiger partial charge < -0.3 is 19.5 Å². The molecule has 8 nitrogen and oxygen atoms in total. The quantitative estimate of drug-likeness (QED) is 0.531. The van der Waals surface area contributed by atoms with E-state index in [2.05, 4.69) is 9.88 Å². The van der Waals surface area contributed by atoms with Crippen LogP contribution >= 0.6 is 0 Å². The fourth-order valence-corrected chi connectivity index (χ4v) is 3.70. The summed E-state index contributed by atoms with van der Waals surface area (Å²) in [5.74, 6) is 0.861.